The van der Waals surface area contributed by atoms with Crippen LogP contribution in [0.1, 0.15) is 22.3 Å². The number of para-hydroxylation sites is 1. The largest absolute Gasteiger partial charge is 0.256 e. The first-order chi connectivity index (χ1) is 26.8. The van der Waals surface area contributed by atoms with Crippen molar-refractivity contribution < 1.29 is 0 Å². The van der Waals surface area contributed by atoms with Crippen molar-refractivity contribution in [2.24, 2.45) is 0 Å². The lowest BCUT2D eigenvalue weighted by Crippen LogP contribution is -2.31. The summed E-state index contributed by atoms with van der Waals surface area (Å²) >= 11 is 1.86. The molecule has 1 aliphatic heterocycles. The summed E-state index contributed by atoms with van der Waals surface area (Å²) < 4.78 is 0. The van der Waals surface area contributed by atoms with Crippen LogP contribution in [0.15, 0.2) is 198 Å². The van der Waals surface area contributed by atoms with Crippen LogP contribution in [0.4, 0.5) is 0 Å². The second-order valence-corrected chi connectivity index (χ2v) is 15.0. The third-order valence-corrected chi connectivity index (χ3v) is 12.2. The quantitative estimate of drug-likeness (QED) is 0.183. The highest BCUT2D eigenvalue weighted by atomic mass is 32.2. The zero-order valence-corrected chi connectivity index (χ0v) is 30.0. The average molecular weight is 706 g/mol. The van der Waals surface area contributed by atoms with Crippen molar-refractivity contribution in [1.29, 1.82) is 0 Å². The van der Waals surface area contributed by atoms with Crippen molar-refractivity contribution >= 4 is 22.7 Å². The van der Waals surface area contributed by atoms with Crippen LogP contribution < -0.4 is 0 Å². The lowest BCUT2D eigenvalue weighted by Gasteiger charge is -2.39. The van der Waals surface area contributed by atoms with E-state index in [-0.39, 0.29) is 0 Å². The Morgan fingerprint density at radius 1 is 0.389 bits per heavy atom. The number of rotatable bonds is 4. The number of hydrogen-bond donors (Lipinski definition) is 0. The maximum Gasteiger partial charge on any atom is 0.160 e. The average Bonchev–Trinajstić information content (AvgIpc) is 3.53. The van der Waals surface area contributed by atoms with Crippen LogP contribution in [0.5, 0.6) is 0 Å². The summed E-state index contributed by atoms with van der Waals surface area (Å²) in [5.74, 6) is 0.704. The second kappa shape index (κ2) is 12.2. The van der Waals surface area contributed by atoms with E-state index in [4.69, 9.17) is 15.0 Å². The summed E-state index contributed by atoms with van der Waals surface area (Å²) in [6, 6.07) is 65.3. The summed E-state index contributed by atoms with van der Waals surface area (Å²) in [4.78, 5) is 17.9. The number of fused-ring (bicyclic) bond motifs is 10. The minimum absolute atomic E-state index is 0.487. The van der Waals surface area contributed by atoms with E-state index >= 15 is 0 Å². The minimum Gasteiger partial charge on any atom is -0.256 e. The van der Waals surface area contributed by atoms with Crippen LogP contribution in [-0.2, 0) is 5.41 Å². The van der Waals surface area contributed by atoms with Gasteiger partial charge in [-0.25, -0.2) is 9.97 Å². The lowest BCUT2D eigenvalue weighted by molar-refractivity contribution is 0.722. The molecule has 2 aliphatic rings. The Bertz CT molecular complexity index is 2810. The van der Waals surface area contributed by atoms with Gasteiger partial charge in [-0.3, -0.25) is 4.98 Å². The number of aromatic nitrogens is 3. The molecule has 4 heteroatoms. The van der Waals surface area contributed by atoms with Gasteiger partial charge in [-0.05, 0) is 75.3 Å². The molecule has 11 rings (SSSR count). The van der Waals surface area contributed by atoms with Crippen LogP contribution in [0.2, 0.25) is 0 Å². The molecule has 0 amide bonds. The molecule has 54 heavy (non-hydrogen) atoms. The Hall–Kier alpha value is -6.62. The molecule has 3 nitrogen and oxygen atoms in total. The van der Waals surface area contributed by atoms with Crippen molar-refractivity contribution in [3.63, 3.8) is 0 Å². The summed E-state index contributed by atoms with van der Waals surface area (Å²) in [6.45, 7) is 0. The first-order valence-electron chi connectivity index (χ1n) is 18.3. The highest BCUT2D eigenvalue weighted by molar-refractivity contribution is 7.99. The van der Waals surface area contributed by atoms with Gasteiger partial charge in [0, 0.05) is 43.6 Å². The van der Waals surface area contributed by atoms with Crippen LogP contribution in [0.3, 0.4) is 0 Å². The van der Waals surface area contributed by atoms with Gasteiger partial charge in [0.05, 0.1) is 22.3 Å². The van der Waals surface area contributed by atoms with Crippen LogP contribution >= 0.6 is 11.8 Å². The standard InChI is InChI=1S/C50H31N3S/c1-3-13-32(14-4-1)44-31-45(33-15-5-2-6-16-33)53-49(52-44)36-25-27-41-39(30-36)38-29-35(37-19-11-17-34-18-12-28-51-48(34)37)24-26-40(38)50(41)42-20-7-9-22-46(42)54-47-23-10-8-21-43(47)50/h1-31H. The number of nitrogens with zero attached hydrogens (tertiary/aromatic N) is 3. The summed E-state index contributed by atoms with van der Waals surface area (Å²) in [7, 11) is 0. The van der Waals surface area contributed by atoms with E-state index in [0.717, 1.165) is 50.1 Å². The normalized spacial score (nSPS) is 13.3. The molecule has 0 atom stereocenters. The number of pyridine rings is 1. The zero-order chi connectivity index (χ0) is 35.6. The van der Waals surface area contributed by atoms with Crippen molar-refractivity contribution in [2.45, 2.75) is 15.2 Å². The van der Waals surface area contributed by atoms with Gasteiger partial charge in [0.1, 0.15) is 0 Å². The minimum atomic E-state index is -0.487. The molecular formula is C50H31N3S. The molecule has 7 aromatic carbocycles. The van der Waals surface area contributed by atoms with E-state index in [9.17, 15) is 0 Å². The molecule has 2 aromatic heterocycles. The SMILES string of the molecule is c1ccc(-c2cc(-c3ccccc3)nc(-c3ccc4c(c3)-c3cc(-c5cccc6cccnc56)ccc3C43c4ccccc4Sc4ccccc43)n2)cc1. The highest BCUT2D eigenvalue weighted by Gasteiger charge is 2.50. The molecule has 0 radical (unpaired) electrons. The molecule has 0 saturated carbocycles. The molecule has 9 aromatic rings. The predicted molar refractivity (Wildman–Crippen MR) is 221 cm³/mol. The van der Waals surface area contributed by atoms with Gasteiger partial charge in [0.2, 0.25) is 0 Å². The van der Waals surface area contributed by atoms with Crippen molar-refractivity contribution in [2.75, 3.05) is 0 Å². The van der Waals surface area contributed by atoms with E-state index in [2.05, 4.69) is 164 Å². The fourth-order valence-electron chi connectivity index (χ4n) is 8.64. The van der Waals surface area contributed by atoms with Crippen LogP contribution in [-0.4, -0.2) is 15.0 Å². The van der Waals surface area contributed by atoms with Gasteiger partial charge in [0.15, 0.2) is 5.82 Å². The number of hydrogen-bond acceptors (Lipinski definition) is 4. The summed E-state index contributed by atoms with van der Waals surface area (Å²) in [5.41, 5.74) is 15.3. The molecule has 0 bridgehead atoms. The van der Waals surface area contributed by atoms with E-state index in [0.29, 0.717) is 5.82 Å². The smallest absolute Gasteiger partial charge is 0.160 e. The molecule has 0 saturated heterocycles. The third kappa shape index (κ3) is 4.67. The van der Waals surface area contributed by atoms with Gasteiger partial charge in [-0.2, -0.15) is 0 Å². The molecule has 252 valence electrons. The van der Waals surface area contributed by atoms with Gasteiger partial charge in [-0.15, -0.1) is 0 Å². The molecule has 3 heterocycles. The second-order valence-electron chi connectivity index (χ2n) is 13.9. The summed E-state index contributed by atoms with van der Waals surface area (Å²) in [5, 5.41) is 1.13. The summed E-state index contributed by atoms with van der Waals surface area (Å²) in [6.07, 6.45) is 1.89. The van der Waals surface area contributed by atoms with Crippen LogP contribution in [0.25, 0.3) is 67.1 Å². The maximum absolute atomic E-state index is 5.23. The third-order valence-electron chi connectivity index (χ3n) is 11.0. The zero-order valence-electron chi connectivity index (χ0n) is 29.1. The first kappa shape index (κ1) is 31.0. The Balaban J connectivity index is 1.19. The molecule has 1 aliphatic carbocycles. The van der Waals surface area contributed by atoms with Gasteiger partial charge >= 0.3 is 0 Å². The molecule has 0 unspecified atom stereocenters. The molecule has 1 spiro atoms. The van der Waals surface area contributed by atoms with Gasteiger partial charge < -0.3 is 0 Å². The molecular weight excluding hydrogens is 675 g/mol. The fraction of sp³-hybridized carbons (Fsp3) is 0.0200. The van der Waals surface area contributed by atoms with Crippen molar-refractivity contribution in [3.05, 3.63) is 210 Å². The fourth-order valence-corrected chi connectivity index (χ4v) is 9.83. The lowest BCUT2D eigenvalue weighted by atomic mass is 9.67. The Labute approximate surface area is 318 Å². The molecule has 0 fully saturated rings. The van der Waals surface area contributed by atoms with Crippen molar-refractivity contribution in [1.82, 2.24) is 15.0 Å². The van der Waals surface area contributed by atoms with E-state index in [1.165, 1.54) is 43.2 Å². The van der Waals surface area contributed by atoms with Gasteiger partial charge in [0.25, 0.3) is 0 Å². The predicted octanol–water partition coefficient (Wildman–Crippen LogP) is 12.5. The first-order valence-corrected chi connectivity index (χ1v) is 19.1. The van der Waals surface area contributed by atoms with Gasteiger partial charge in [-0.1, -0.05) is 157 Å². The van der Waals surface area contributed by atoms with E-state index < -0.39 is 5.41 Å². The monoisotopic (exact) mass is 705 g/mol. The van der Waals surface area contributed by atoms with Crippen molar-refractivity contribution in [3.8, 4) is 56.2 Å². The Morgan fingerprint density at radius 3 is 1.59 bits per heavy atom. The maximum atomic E-state index is 5.23. The number of benzene rings is 7. The Morgan fingerprint density at radius 2 is 0.944 bits per heavy atom. The van der Waals surface area contributed by atoms with E-state index in [1.807, 2.05) is 36.2 Å². The Kier molecular flexibility index (Phi) is 7.01. The van der Waals surface area contributed by atoms with E-state index in [1.54, 1.807) is 0 Å². The van der Waals surface area contributed by atoms with Crippen LogP contribution in [0, 0.1) is 0 Å². The molecule has 0 N–H and O–H groups in total. The topological polar surface area (TPSA) is 38.7 Å². The highest BCUT2D eigenvalue weighted by Crippen LogP contribution is 2.62.